The van der Waals surface area contributed by atoms with Crippen LogP contribution in [-0.2, 0) is 0 Å². The van der Waals surface area contributed by atoms with E-state index in [2.05, 4.69) is 37.6 Å². The summed E-state index contributed by atoms with van der Waals surface area (Å²) in [7, 11) is 2.24. The number of hydrogen-bond acceptors (Lipinski definition) is 3. The summed E-state index contributed by atoms with van der Waals surface area (Å²) in [6.45, 7) is 12.4. The first-order valence-corrected chi connectivity index (χ1v) is 6.57. The van der Waals surface area contributed by atoms with Crippen LogP contribution < -0.4 is 5.73 Å². The average molecular weight is 227 g/mol. The molecule has 1 fully saturated rings. The Morgan fingerprint density at radius 1 is 1.25 bits per heavy atom. The minimum Gasteiger partial charge on any atom is -0.329 e. The Hall–Kier alpha value is -0.120. The van der Waals surface area contributed by atoms with Crippen molar-refractivity contribution in [2.75, 3.05) is 39.8 Å². The summed E-state index contributed by atoms with van der Waals surface area (Å²) < 4.78 is 0. The van der Waals surface area contributed by atoms with Gasteiger partial charge in [0.1, 0.15) is 0 Å². The maximum absolute atomic E-state index is 5.58. The molecule has 0 aromatic heterocycles. The molecule has 0 aromatic carbocycles. The number of nitrogens with zero attached hydrogens (tertiary/aromatic N) is 2. The largest absolute Gasteiger partial charge is 0.329 e. The van der Waals surface area contributed by atoms with Gasteiger partial charge in [0.2, 0.25) is 0 Å². The smallest absolute Gasteiger partial charge is 0.0122 e. The van der Waals surface area contributed by atoms with E-state index >= 15 is 0 Å². The Kier molecular flexibility index (Phi) is 5.22. The molecule has 0 aliphatic carbocycles. The second-order valence-electron chi connectivity index (χ2n) is 6.13. The number of nitrogens with two attached hydrogens (primary N) is 1. The number of hydrogen-bond donors (Lipinski definition) is 1. The summed E-state index contributed by atoms with van der Waals surface area (Å²) in [5.41, 5.74) is 5.88. The quantitative estimate of drug-likeness (QED) is 0.788. The highest BCUT2D eigenvalue weighted by molar-refractivity contribution is 4.79. The molecule has 1 saturated heterocycles. The van der Waals surface area contributed by atoms with Gasteiger partial charge in [-0.1, -0.05) is 0 Å². The molecule has 1 aliphatic heterocycles. The molecule has 0 aromatic rings. The maximum atomic E-state index is 5.58. The van der Waals surface area contributed by atoms with Crippen molar-refractivity contribution >= 4 is 0 Å². The molecule has 16 heavy (non-hydrogen) atoms. The minimum absolute atomic E-state index is 0.300. The molecule has 0 amide bonds. The van der Waals surface area contributed by atoms with Gasteiger partial charge in [-0.15, -0.1) is 0 Å². The summed E-state index contributed by atoms with van der Waals surface area (Å²) in [4.78, 5) is 4.98. The van der Waals surface area contributed by atoms with Crippen LogP contribution in [0.3, 0.4) is 0 Å². The highest BCUT2D eigenvalue weighted by Crippen LogP contribution is 2.21. The van der Waals surface area contributed by atoms with Gasteiger partial charge < -0.3 is 15.5 Å². The fraction of sp³-hybridized carbons (Fsp3) is 1.00. The lowest BCUT2D eigenvalue weighted by atomic mass is 9.94. The predicted molar refractivity (Wildman–Crippen MR) is 70.6 cm³/mol. The lowest BCUT2D eigenvalue weighted by molar-refractivity contribution is 0.109. The molecule has 2 N–H and O–H groups in total. The molecular formula is C13H29N3. The zero-order valence-electron chi connectivity index (χ0n) is 11.5. The maximum Gasteiger partial charge on any atom is 0.0122 e. The molecule has 0 saturated carbocycles. The van der Waals surface area contributed by atoms with E-state index in [4.69, 9.17) is 5.73 Å². The van der Waals surface area contributed by atoms with Crippen LogP contribution in [0.2, 0.25) is 0 Å². The van der Waals surface area contributed by atoms with E-state index in [0.717, 1.165) is 19.0 Å². The summed E-state index contributed by atoms with van der Waals surface area (Å²) in [6, 6.07) is 0. The third-order valence-corrected chi connectivity index (χ3v) is 3.83. The van der Waals surface area contributed by atoms with Gasteiger partial charge >= 0.3 is 0 Å². The molecule has 3 nitrogen and oxygen atoms in total. The number of piperidine rings is 1. The second kappa shape index (κ2) is 5.99. The predicted octanol–water partition coefficient (Wildman–Crippen LogP) is 1.39. The third kappa shape index (κ3) is 4.40. The lowest BCUT2D eigenvalue weighted by Gasteiger charge is -2.38. The molecule has 0 unspecified atom stereocenters. The van der Waals surface area contributed by atoms with Crippen LogP contribution >= 0.6 is 0 Å². The van der Waals surface area contributed by atoms with E-state index < -0.39 is 0 Å². The molecule has 1 heterocycles. The van der Waals surface area contributed by atoms with Crippen molar-refractivity contribution in [2.24, 2.45) is 11.7 Å². The Balaban J connectivity index is 2.27. The molecule has 0 bridgehead atoms. The van der Waals surface area contributed by atoms with E-state index in [-0.39, 0.29) is 0 Å². The molecular weight excluding hydrogens is 198 g/mol. The summed E-state index contributed by atoms with van der Waals surface area (Å²) >= 11 is 0. The van der Waals surface area contributed by atoms with Crippen molar-refractivity contribution in [3.63, 3.8) is 0 Å². The summed E-state index contributed by atoms with van der Waals surface area (Å²) in [6.07, 6.45) is 2.67. The Bertz CT molecular complexity index is 190. The van der Waals surface area contributed by atoms with Gasteiger partial charge in [-0.05, 0) is 59.7 Å². The van der Waals surface area contributed by atoms with Crippen LogP contribution in [0.15, 0.2) is 0 Å². The van der Waals surface area contributed by atoms with Crippen LogP contribution in [-0.4, -0.2) is 55.1 Å². The zero-order valence-corrected chi connectivity index (χ0v) is 11.5. The van der Waals surface area contributed by atoms with Crippen molar-refractivity contribution in [1.82, 2.24) is 9.80 Å². The van der Waals surface area contributed by atoms with Gasteiger partial charge in [-0.2, -0.15) is 0 Å². The minimum atomic E-state index is 0.300. The first-order chi connectivity index (χ1) is 7.43. The molecule has 96 valence electrons. The van der Waals surface area contributed by atoms with Gasteiger partial charge in [0.05, 0.1) is 0 Å². The summed E-state index contributed by atoms with van der Waals surface area (Å²) in [5.74, 6) is 0.873. The molecule has 0 spiro atoms. The fourth-order valence-electron chi connectivity index (χ4n) is 2.24. The monoisotopic (exact) mass is 227 g/mol. The van der Waals surface area contributed by atoms with Gasteiger partial charge in [0.15, 0.2) is 0 Å². The van der Waals surface area contributed by atoms with Gasteiger partial charge in [0.25, 0.3) is 0 Å². The van der Waals surface area contributed by atoms with E-state index in [1.807, 2.05) is 0 Å². The standard InChI is InChI=1S/C13H29N3/c1-13(2,3)15(4)11-12-5-8-16(9-6-12)10-7-14/h12H,5-11,14H2,1-4H3. The number of rotatable bonds is 4. The van der Waals surface area contributed by atoms with Crippen molar-refractivity contribution in [1.29, 1.82) is 0 Å². The van der Waals surface area contributed by atoms with Crippen molar-refractivity contribution in [2.45, 2.75) is 39.2 Å². The highest BCUT2D eigenvalue weighted by Gasteiger charge is 2.24. The van der Waals surface area contributed by atoms with E-state index in [1.165, 1.54) is 32.5 Å². The summed E-state index contributed by atoms with van der Waals surface area (Å²) in [5, 5.41) is 0. The SMILES string of the molecule is CN(CC1CCN(CCN)CC1)C(C)(C)C. The Morgan fingerprint density at radius 2 is 1.81 bits per heavy atom. The van der Waals surface area contributed by atoms with Crippen LogP contribution in [0.4, 0.5) is 0 Å². The van der Waals surface area contributed by atoms with Gasteiger partial charge in [0, 0.05) is 25.2 Å². The van der Waals surface area contributed by atoms with Crippen LogP contribution in [0, 0.1) is 5.92 Å². The van der Waals surface area contributed by atoms with E-state index in [1.54, 1.807) is 0 Å². The fourth-order valence-corrected chi connectivity index (χ4v) is 2.24. The van der Waals surface area contributed by atoms with Gasteiger partial charge in [-0.3, -0.25) is 0 Å². The lowest BCUT2D eigenvalue weighted by Crippen LogP contribution is -2.44. The Morgan fingerprint density at radius 3 is 2.25 bits per heavy atom. The average Bonchev–Trinajstić information content (AvgIpc) is 2.20. The van der Waals surface area contributed by atoms with E-state index in [9.17, 15) is 0 Å². The highest BCUT2D eigenvalue weighted by atomic mass is 15.2. The van der Waals surface area contributed by atoms with Gasteiger partial charge in [-0.25, -0.2) is 0 Å². The Labute approximate surface area is 101 Å². The van der Waals surface area contributed by atoms with E-state index in [0.29, 0.717) is 5.54 Å². The first kappa shape index (κ1) is 13.9. The van der Waals surface area contributed by atoms with Crippen LogP contribution in [0.5, 0.6) is 0 Å². The van der Waals surface area contributed by atoms with Crippen LogP contribution in [0.1, 0.15) is 33.6 Å². The molecule has 1 aliphatic rings. The topological polar surface area (TPSA) is 32.5 Å². The number of likely N-dealkylation sites (tertiary alicyclic amines) is 1. The zero-order chi connectivity index (χ0) is 12.2. The molecule has 3 heteroatoms. The first-order valence-electron chi connectivity index (χ1n) is 6.57. The molecule has 0 radical (unpaired) electrons. The van der Waals surface area contributed by atoms with Crippen molar-refractivity contribution in [3.8, 4) is 0 Å². The van der Waals surface area contributed by atoms with Crippen molar-refractivity contribution < 1.29 is 0 Å². The van der Waals surface area contributed by atoms with Crippen LogP contribution in [0.25, 0.3) is 0 Å². The second-order valence-corrected chi connectivity index (χ2v) is 6.13. The third-order valence-electron chi connectivity index (χ3n) is 3.83. The molecule has 0 atom stereocenters. The normalized spacial score (nSPS) is 20.6. The molecule has 1 rings (SSSR count). The van der Waals surface area contributed by atoms with Crippen molar-refractivity contribution in [3.05, 3.63) is 0 Å².